The van der Waals surface area contributed by atoms with Crippen LogP contribution in [0.3, 0.4) is 0 Å². The molecule has 2 saturated heterocycles. The summed E-state index contributed by atoms with van der Waals surface area (Å²) < 4.78 is 5.62. The fourth-order valence-corrected chi connectivity index (χ4v) is 4.49. The van der Waals surface area contributed by atoms with Crippen molar-refractivity contribution in [3.8, 4) is 0 Å². The summed E-state index contributed by atoms with van der Waals surface area (Å²) in [6.45, 7) is 5.17. The number of ether oxygens (including phenoxy) is 1. The Hall–Kier alpha value is -1.39. The van der Waals surface area contributed by atoms with Crippen LogP contribution in [-0.2, 0) is 22.4 Å². The van der Waals surface area contributed by atoms with Gasteiger partial charge in [-0.2, -0.15) is 0 Å². The van der Waals surface area contributed by atoms with E-state index in [1.807, 2.05) is 4.90 Å². The highest BCUT2D eigenvalue weighted by molar-refractivity contribution is 5.99. The fourth-order valence-electron chi connectivity index (χ4n) is 4.49. The number of piperidine rings is 1. The number of rotatable bonds is 3. The number of nitrogens with one attached hydrogen (secondary N) is 1. The lowest BCUT2D eigenvalue weighted by Crippen LogP contribution is -2.42. The van der Waals surface area contributed by atoms with E-state index in [0.29, 0.717) is 0 Å². The van der Waals surface area contributed by atoms with Gasteiger partial charge >= 0.3 is 0 Å². The highest BCUT2D eigenvalue weighted by atomic mass is 16.5. The molecular weight excluding hydrogens is 300 g/mol. The van der Waals surface area contributed by atoms with Crippen molar-refractivity contribution in [3.05, 3.63) is 29.3 Å². The highest BCUT2D eigenvalue weighted by Gasteiger charge is 2.36. The average molecular weight is 328 g/mol. The van der Waals surface area contributed by atoms with E-state index < -0.39 is 0 Å². The molecule has 1 aromatic rings. The SMILES string of the molecule is CC1Cc2cc(CC3CCNCC3)ccc2N1C(=O)C1CCCO1. The summed E-state index contributed by atoms with van der Waals surface area (Å²) in [6, 6.07) is 6.99. The number of hydrogen-bond acceptors (Lipinski definition) is 3. The van der Waals surface area contributed by atoms with Crippen LogP contribution < -0.4 is 10.2 Å². The average Bonchev–Trinajstić information content (AvgIpc) is 3.22. The number of nitrogens with zero attached hydrogens (tertiary/aromatic N) is 1. The van der Waals surface area contributed by atoms with Crippen LogP contribution in [0, 0.1) is 5.92 Å². The lowest BCUT2D eigenvalue weighted by atomic mass is 9.90. The number of fused-ring (bicyclic) bond motifs is 1. The van der Waals surface area contributed by atoms with Gasteiger partial charge in [0, 0.05) is 18.3 Å². The minimum absolute atomic E-state index is 0.157. The Morgan fingerprint density at radius 2 is 2.12 bits per heavy atom. The summed E-state index contributed by atoms with van der Waals surface area (Å²) in [5, 5.41) is 3.44. The zero-order chi connectivity index (χ0) is 16.5. The van der Waals surface area contributed by atoms with Crippen molar-refractivity contribution in [2.45, 2.75) is 57.6 Å². The van der Waals surface area contributed by atoms with E-state index in [0.717, 1.165) is 50.6 Å². The van der Waals surface area contributed by atoms with Crippen LogP contribution in [0.1, 0.15) is 43.7 Å². The molecule has 24 heavy (non-hydrogen) atoms. The first-order chi connectivity index (χ1) is 11.7. The van der Waals surface area contributed by atoms with Gasteiger partial charge in [-0.1, -0.05) is 12.1 Å². The maximum absolute atomic E-state index is 12.8. The van der Waals surface area contributed by atoms with Crippen molar-refractivity contribution in [1.82, 2.24) is 5.32 Å². The molecule has 2 fully saturated rings. The van der Waals surface area contributed by atoms with E-state index in [1.165, 1.54) is 30.4 Å². The summed E-state index contributed by atoms with van der Waals surface area (Å²) >= 11 is 0. The zero-order valence-corrected chi connectivity index (χ0v) is 14.6. The molecule has 4 heteroatoms. The van der Waals surface area contributed by atoms with Gasteiger partial charge in [-0.3, -0.25) is 4.79 Å². The monoisotopic (exact) mass is 328 g/mol. The zero-order valence-electron chi connectivity index (χ0n) is 14.6. The number of benzene rings is 1. The van der Waals surface area contributed by atoms with Crippen LogP contribution in [0.2, 0.25) is 0 Å². The van der Waals surface area contributed by atoms with Gasteiger partial charge in [0.2, 0.25) is 0 Å². The fraction of sp³-hybridized carbons (Fsp3) is 0.650. The predicted molar refractivity (Wildman–Crippen MR) is 95.4 cm³/mol. The molecule has 0 bridgehead atoms. The molecule has 1 aromatic carbocycles. The Labute approximate surface area is 144 Å². The molecule has 4 nitrogen and oxygen atoms in total. The first-order valence-corrected chi connectivity index (χ1v) is 9.49. The summed E-state index contributed by atoms with van der Waals surface area (Å²) in [7, 11) is 0. The third kappa shape index (κ3) is 3.09. The molecule has 0 saturated carbocycles. The smallest absolute Gasteiger partial charge is 0.256 e. The second kappa shape index (κ2) is 6.85. The van der Waals surface area contributed by atoms with Crippen molar-refractivity contribution in [2.24, 2.45) is 5.92 Å². The minimum Gasteiger partial charge on any atom is -0.368 e. The Balaban J connectivity index is 1.50. The van der Waals surface area contributed by atoms with E-state index in [9.17, 15) is 4.79 Å². The lowest BCUT2D eigenvalue weighted by Gasteiger charge is -2.26. The quantitative estimate of drug-likeness (QED) is 0.927. The molecule has 3 aliphatic rings. The number of amides is 1. The molecule has 1 N–H and O–H groups in total. The highest BCUT2D eigenvalue weighted by Crippen LogP contribution is 2.35. The van der Waals surface area contributed by atoms with E-state index >= 15 is 0 Å². The summed E-state index contributed by atoms with van der Waals surface area (Å²) in [4.78, 5) is 14.8. The largest absolute Gasteiger partial charge is 0.368 e. The topological polar surface area (TPSA) is 41.6 Å². The van der Waals surface area contributed by atoms with Crippen LogP contribution in [0.15, 0.2) is 18.2 Å². The molecule has 3 aliphatic heterocycles. The Bertz CT molecular complexity index is 604. The van der Waals surface area contributed by atoms with E-state index in [2.05, 4.69) is 30.4 Å². The number of carbonyl (C=O) groups is 1. The molecule has 1 amide bonds. The molecule has 4 rings (SSSR count). The van der Waals surface area contributed by atoms with Crippen LogP contribution in [-0.4, -0.2) is 37.7 Å². The van der Waals surface area contributed by atoms with Crippen molar-refractivity contribution < 1.29 is 9.53 Å². The van der Waals surface area contributed by atoms with Gasteiger partial charge in [0.15, 0.2) is 0 Å². The first-order valence-electron chi connectivity index (χ1n) is 9.49. The van der Waals surface area contributed by atoms with Crippen molar-refractivity contribution >= 4 is 11.6 Å². The van der Waals surface area contributed by atoms with Crippen LogP contribution in [0.25, 0.3) is 0 Å². The van der Waals surface area contributed by atoms with Crippen molar-refractivity contribution in [2.75, 3.05) is 24.6 Å². The Morgan fingerprint density at radius 3 is 2.88 bits per heavy atom. The second-order valence-corrected chi connectivity index (χ2v) is 7.62. The molecule has 130 valence electrons. The Kier molecular flexibility index (Phi) is 4.59. The number of hydrogen-bond donors (Lipinski definition) is 1. The minimum atomic E-state index is -0.229. The normalized spacial score (nSPS) is 27.5. The third-order valence-corrected chi connectivity index (χ3v) is 5.79. The van der Waals surface area contributed by atoms with Gasteiger partial charge < -0.3 is 15.0 Å². The lowest BCUT2D eigenvalue weighted by molar-refractivity contribution is -0.127. The van der Waals surface area contributed by atoms with Crippen molar-refractivity contribution in [1.29, 1.82) is 0 Å². The predicted octanol–water partition coefficient (Wildman–Crippen LogP) is 2.69. The molecule has 0 aromatic heterocycles. The van der Waals surface area contributed by atoms with E-state index in [4.69, 9.17) is 4.74 Å². The molecule has 0 spiro atoms. The number of anilines is 1. The Morgan fingerprint density at radius 1 is 1.29 bits per heavy atom. The van der Waals surface area contributed by atoms with E-state index in [1.54, 1.807) is 0 Å². The number of carbonyl (C=O) groups excluding carboxylic acids is 1. The summed E-state index contributed by atoms with van der Waals surface area (Å²) in [5.41, 5.74) is 3.87. The maximum atomic E-state index is 12.8. The van der Waals surface area contributed by atoms with Gasteiger partial charge in [0.05, 0.1) is 0 Å². The second-order valence-electron chi connectivity index (χ2n) is 7.62. The van der Waals surface area contributed by atoms with Crippen LogP contribution in [0.5, 0.6) is 0 Å². The summed E-state index contributed by atoms with van der Waals surface area (Å²) in [5.74, 6) is 0.956. The molecular formula is C20H28N2O2. The first kappa shape index (κ1) is 16.1. The van der Waals surface area contributed by atoms with Gasteiger partial charge in [0.1, 0.15) is 6.10 Å². The van der Waals surface area contributed by atoms with Gasteiger partial charge in [-0.25, -0.2) is 0 Å². The molecule has 2 atom stereocenters. The van der Waals surface area contributed by atoms with Crippen LogP contribution in [0.4, 0.5) is 5.69 Å². The third-order valence-electron chi connectivity index (χ3n) is 5.79. The molecule has 0 radical (unpaired) electrons. The van der Waals surface area contributed by atoms with Gasteiger partial charge in [-0.15, -0.1) is 0 Å². The molecule has 3 heterocycles. The maximum Gasteiger partial charge on any atom is 0.256 e. The standard InChI is InChI=1S/C20H28N2O2/c1-14-11-17-13-16(12-15-6-8-21-9-7-15)4-5-18(17)22(14)20(23)19-3-2-10-24-19/h4-5,13-15,19,21H,2-3,6-12H2,1H3. The molecule has 2 unspecified atom stereocenters. The summed E-state index contributed by atoms with van der Waals surface area (Å²) in [6.07, 6.45) is 6.32. The molecule has 0 aliphatic carbocycles. The van der Waals surface area contributed by atoms with E-state index in [-0.39, 0.29) is 18.1 Å². The van der Waals surface area contributed by atoms with Crippen LogP contribution >= 0.6 is 0 Å². The van der Waals surface area contributed by atoms with Gasteiger partial charge in [0.25, 0.3) is 5.91 Å². The van der Waals surface area contributed by atoms with Crippen molar-refractivity contribution in [3.63, 3.8) is 0 Å². The van der Waals surface area contributed by atoms with Gasteiger partial charge in [-0.05, 0) is 81.6 Å².